The highest BCUT2D eigenvalue weighted by Crippen LogP contribution is 1.97. The van der Waals surface area contributed by atoms with Crippen LogP contribution in [0.4, 0.5) is 0 Å². The number of allylic oxidation sites excluding steroid dienone is 4. The number of hydrogen-bond acceptors (Lipinski definition) is 2. The first kappa shape index (κ1) is 12.9. The molecule has 1 amide bonds. The first-order valence-corrected chi connectivity index (χ1v) is 5.42. The van der Waals surface area contributed by atoms with Crippen molar-refractivity contribution >= 4 is 12.1 Å². The highest BCUT2D eigenvalue weighted by atomic mass is 16.2. The summed E-state index contributed by atoms with van der Waals surface area (Å²) >= 11 is 0. The van der Waals surface area contributed by atoms with Gasteiger partial charge in [-0.05, 0) is 37.6 Å². The van der Waals surface area contributed by atoms with E-state index < -0.39 is 0 Å². The highest BCUT2D eigenvalue weighted by molar-refractivity contribution is 5.94. The number of carbonyl (C=O) groups excluding carboxylic acids is 1. The van der Waals surface area contributed by atoms with Gasteiger partial charge in [0.05, 0.1) is 0 Å². The van der Waals surface area contributed by atoms with Crippen LogP contribution in [0.2, 0.25) is 0 Å². The van der Waals surface area contributed by atoms with Gasteiger partial charge in [0.25, 0.3) is 5.91 Å². The molecule has 0 heterocycles. The van der Waals surface area contributed by atoms with Crippen molar-refractivity contribution in [2.75, 3.05) is 0 Å². The molecule has 3 nitrogen and oxygen atoms in total. The van der Waals surface area contributed by atoms with Gasteiger partial charge in [-0.2, -0.15) is 5.10 Å². The number of hydrazone groups is 1. The maximum Gasteiger partial charge on any atom is 0.271 e. The first-order valence-electron chi connectivity index (χ1n) is 5.42. The second-order valence-corrected chi connectivity index (χ2v) is 3.50. The van der Waals surface area contributed by atoms with Gasteiger partial charge in [-0.25, -0.2) is 5.43 Å². The summed E-state index contributed by atoms with van der Waals surface area (Å²) < 4.78 is 0. The molecule has 1 N–H and O–H groups in total. The molecule has 0 aliphatic rings. The molecule has 17 heavy (non-hydrogen) atoms. The molecule has 3 heteroatoms. The van der Waals surface area contributed by atoms with Crippen molar-refractivity contribution in [3.05, 3.63) is 59.7 Å². The molecule has 0 aliphatic carbocycles. The summed E-state index contributed by atoms with van der Waals surface area (Å²) in [7, 11) is 0. The van der Waals surface area contributed by atoms with Crippen LogP contribution >= 0.6 is 0 Å². The fourth-order valence-corrected chi connectivity index (χ4v) is 1.22. The largest absolute Gasteiger partial charge is 0.271 e. The Hall–Kier alpha value is -2.16. The molecule has 0 aliphatic heterocycles. The van der Waals surface area contributed by atoms with Crippen molar-refractivity contribution in [2.45, 2.75) is 13.8 Å². The van der Waals surface area contributed by atoms with Crippen molar-refractivity contribution in [1.82, 2.24) is 5.43 Å². The standard InChI is InChI=1S/C14H16N2O/c1-3-7-12(2)10-11-15-16-14(17)13-8-5-4-6-9-13/h3-11H,1-2H3,(H,16,17)/b7-3-,12-10-,15-11+. The Labute approximate surface area is 102 Å². The number of hydrogen-bond donors (Lipinski definition) is 1. The molecule has 0 radical (unpaired) electrons. The Bertz CT molecular complexity index is 445. The molecule has 0 atom stereocenters. The summed E-state index contributed by atoms with van der Waals surface area (Å²) in [6, 6.07) is 8.98. The number of rotatable bonds is 4. The lowest BCUT2D eigenvalue weighted by Crippen LogP contribution is -2.16. The predicted octanol–water partition coefficient (Wildman–Crippen LogP) is 2.92. The van der Waals surface area contributed by atoms with E-state index in [1.807, 2.05) is 50.3 Å². The van der Waals surface area contributed by atoms with Crippen molar-refractivity contribution in [3.8, 4) is 0 Å². The van der Waals surface area contributed by atoms with Crippen LogP contribution in [0.3, 0.4) is 0 Å². The third-order valence-corrected chi connectivity index (χ3v) is 2.04. The van der Waals surface area contributed by atoms with Crippen molar-refractivity contribution in [2.24, 2.45) is 5.10 Å². The average Bonchev–Trinajstić information content (AvgIpc) is 2.36. The Morgan fingerprint density at radius 1 is 1.29 bits per heavy atom. The van der Waals surface area contributed by atoms with Gasteiger partial charge in [0.2, 0.25) is 0 Å². The normalized spacial score (nSPS) is 12.2. The summed E-state index contributed by atoms with van der Waals surface area (Å²) in [5, 5.41) is 3.84. The third kappa shape index (κ3) is 4.93. The molecule has 0 saturated carbocycles. The fourth-order valence-electron chi connectivity index (χ4n) is 1.22. The summed E-state index contributed by atoms with van der Waals surface area (Å²) in [4.78, 5) is 11.6. The smallest absolute Gasteiger partial charge is 0.267 e. The molecule has 88 valence electrons. The zero-order valence-electron chi connectivity index (χ0n) is 10.1. The maximum absolute atomic E-state index is 11.6. The monoisotopic (exact) mass is 228 g/mol. The predicted molar refractivity (Wildman–Crippen MR) is 71.0 cm³/mol. The minimum Gasteiger partial charge on any atom is -0.267 e. The molecule has 1 aromatic rings. The van der Waals surface area contributed by atoms with Gasteiger partial charge in [-0.1, -0.05) is 30.4 Å². The van der Waals surface area contributed by atoms with E-state index in [-0.39, 0.29) is 5.91 Å². The molecule has 1 rings (SSSR count). The number of amides is 1. The van der Waals surface area contributed by atoms with E-state index in [9.17, 15) is 4.79 Å². The van der Waals surface area contributed by atoms with Crippen LogP contribution in [0, 0.1) is 0 Å². The van der Waals surface area contributed by atoms with E-state index in [1.54, 1.807) is 18.3 Å². The second-order valence-electron chi connectivity index (χ2n) is 3.50. The highest BCUT2D eigenvalue weighted by Gasteiger charge is 2.00. The summed E-state index contributed by atoms with van der Waals surface area (Å²) in [6.45, 7) is 3.91. The number of benzene rings is 1. The molecule has 0 spiro atoms. The van der Waals surface area contributed by atoms with Gasteiger partial charge >= 0.3 is 0 Å². The Kier molecular flexibility index (Phi) is 5.44. The number of nitrogens with one attached hydrogen (secondary N) is 1. The second kappa shape index (κ2) is 7.17. The van der Waals surface area contributed by atoms with Gasteiger partial charge in [-0.3, -0.25) is 4.79 Å². The summed E-state index contributed by atoms with van der Waals surface area (Å²) in [5.41, 5.74) is 4.13. The van der Waals surface area contributed by atoms with Crippen LogP contribution in [0.1, 0.15) is 24.2 Å². The Balaban J connectivity index is 2.49. The molecule has 0 fully saturated rings. The quantitative estimate of drug-likeness (QED) is 0.480. The van der Waals surface area contributed by atoms with Gasteiger partial charge < -0.3 is 0 Å². The van der Waals surface area contributed by atoms with Gasteiger partial charge in [0.1, 0.15) is 0 Å². The van der Waals surface area contributed by atoms with Crippen LogP contribution in [-0.2, 0) is 0 Å². The molecule has 0 saturated heterocycles. The molecular formula is C14H16N2O. The van der Waals surface area contributed by atoms with Gasteiger partial charge in [0.15, 0.2) is 0 Å². The lowest BCUT2D eigenvalue weighted by Gasteiger charge is -1.97. The van der Waals surface area contributed by atoms with E-state index >= 15 is 0 Å². The van der Waals surface area contributed by atoms with E-state index in [0.717, 1.165) is 5.57 Å². The average molecular weight is 228 g/mol. The molecule has 0 bridgehead atoms. The van der Waals surface area contributed by atoms with E-state index in [2.05, 4.69) is 10.5 Å². The summed E-state index contributed by atoms with van der Waals surface area (Å²) in [6.07, 6.45) is 7.30. The Morgan fingerprint density at radius 2 is 2.00 bits per heavy atom. The van der Waals surface area contributed by atoms with Crippen LogP contribution in [0.15, 0.2) is 59.2 Å². The zero-order chi connectivity index (χ0) is 12.5. The summed E-state index contributed by atoms with van der Waals surface area (Å²) in [5.74, 6) is -0.209. The van der Waals surface area contributed by atoms with E-state index in [0.29, 0.717) is 5.56 Å². The maximum atomic E-state index is 11.6. The van der Waals surface area contributed by atoms with E-state index in [4.69, 9.17) is 0 Å². The number of carbonyl (C=O) groups is 1. The van der Waals surface area contributed by atoms with Crippen LogP contribution in [0.5, 0.6) is 0 Å². The number of nitrogens with zero attached hydrogens (tertiary/aromatic N) is 1. The fraction of sp³-hybridized carbons (Fsp3) is 0.143. The molecular weight excluding hydrogens is 212 g/mol. The molecule has 0 aromatic heterocycles. The van der Waals surface area contributed by atoms with Crippen LogP contribution in [0.25, 0.3) is 0 Å². The topological polar surface area (TPSA) is 41.5 Å². The van der Waals surface area contributed by atoms with Crippen molar-refractivity contribution in [1.29, 1.82) is 0 Å². The Morgan fingerprint density at radius 3 is 2.65 bits per heavy atom. The van der Waals surface area contributed by atoms with Gasteiger partial charge in [-0.15, -0.1) is 0 Å². The van der Waals surface area contributed by atoms with Crippen molar-refractivity contribution in [3.63, 3.8) is 0 Å². The lowest BCUT2D eigenvalue weighted by atomic mass is 10.2. The minimum absolute atomic E-state index is 0.209. The van der Waals surface area contributed by atoms with Crippen LogP contribution < -0.4 is 5.43 Å². The SMILES string of the molecule is C\C=C/C(C)=C\C=N\NC(=O)c1ccccc1. The van der Waals surface area contributed by atoms with Crippen molar-refractivity contribution < 1.29 is 4.79 Å². The molecule has 1 aromatic carbocycles. The zero-order valence-corrected chi connectivity index (χ0v) is 10.1. The van der Waals surface area contributed by atoms with Gasteiger partial charge in [0, 0.05) is 11.8 Å². The van der Waals surface area contributed by atoms with Crippen LogP contribution in [-0.4, -0.2) is 12.1 Å². The molecule has 0 unspecified atom stereocenters. The first-order chi connectivity index (χ1) is 8.24. The minimum atomic E-state index is -0.209. The van der Waals surface area contributed by atoms with E-state index in [1.165, 1.54) is 0 Å². The third-order valence-electron chi connectivity index (χ3n) is 2.04. The lowest BCUT2D eigenvalue weighted by molar-refractivity contribution is 0.0955.